The molecule has 0 radical (unpaired) electrons. The van der Waals surface area contributed by atoms with Crippen LogP contribution >= 0.6 is 0 Å². The number of nitrogens with zero attached hydrogens (tertiary/aromatic N) is 1. The molecule has 0 atom stereocenters. The van der Waals surface area contributed by atoms with Gasteiger partial charge >= 0.3 is 0 Å². The smallest absolute Gasteiger partial charge is 0.152 e. The highest BCUT2D eigenvalue weighted by Gasteiger charge is 2.11. The molecule has 23 heavy (non-hydrogen) atoms. The lowest BCUT2D eigenvalue weighted by Gasteiger charge is -2.14. The Hall–Kier alpha value is -3.20. The average molecular weight is 299 g/mol. The molecule has 5 aromatic rings. The van der Waals surface area contributed by atoms with E-state index in [-0.39, 0.29) is 0 Å². The van der Waals surface area contributed by atoms with Crippen molar-refractivity contribution in [3.63, 3.8) is 0 Å². The van der Waals surface area contributed by atoms with Crippen LogP contribution in [0.3, 0.4) is 0 Å². The maximum atomic E-state index is 8.11. The average Bonchev–Trinajstić information content (AvgIpc) is 2.61. The van der Waals surface area contributed by atoms with Gasteiger partial charge in [0.2, 0.25) is 0 Å². The molecule has 0 aliphatic rings. The van der Waals surface area contributed by atoms with Crippen molar-refractivity contribution in [3.05, 3.63) is 77.7 Å². The van der Waals surface area contributed by atoms with Crippen molar-refractivity contribution >= 4 is 43.1 Å². The highest BCUT2D eigenvalue weighted by atomic mass is 16.6. The van der Waals surface area contributed by atoms with Gasteiger partial charge in [0.05, 0.1) is 0 Å². The van der Waals surface area contributed by atoms with Crippen LogP contribution in [-0.2, 0) is 0 Å². The van der Waals surface area contributed by atoms with Gasteiger partial charge in [0.25, 0.3) is 0 Å². The van der Waals surface area contributed by atoms with E-state index in [0.29, 0.717) is 0 Å². The maximum Gasteiger partial charge on any atom is 0.152 e. The van der Waals surface area contributed by atoms with Crippen LogP contribution in [0.2, 0.25) is 0 Å². The zero-order valence-corrected chi connectivity index (χ0v) is 12.2. The third-order valence-corrected chi connectivity index (χ3v) is 4.39. The molecule has 110 valence electrons. The molecule has 0 heterocycles. The fraction of sp³-hybridized carbons (Fsp3) is 0. The van der Waals surface area contributed by atoms with E-state index in [9.17, 15) is 0 Å². The van der Waals surface area contributed by atoms with Crippen molar-refractivity contribution < 1.29 is 5.21 Å². The molecule has 5 rings (SSSR count). The van der Waals surface area contributed by atoms with Crippen LogP contribution in [0.4, 0.5) is 0 Å². The second-order valence-electron chi connectivity index (χ2n) is 5.50. The quantitative estimate of drug-likeness (QED) is 0.168. The number of benzene rings is 5. The van der Waals surface area contributed by atoms with Crippen molar-refractivity contribution in [2.45, 2.75) is 0 Å². The summed E-state index contributed by atoms with van der Waals surface area (Å²) in [5.74, 6) is 0. The Balaban J connectivity index is 0.000000421. The first kappa shape index (κ1) is 13.5. The molecule has 0 aliphatic carbocycles. The van der Waals surface area contributed by atoms with Gasteiger partial charge in [-0.1, -0.05) is 72.8 Å². The van der Waals surface area contributed by atoms with E-state index in [4.69, 9.17) is 10.1 Å². The minimum Gasteiger partial charge on any atom is -0.379 e. The largest absolute Gasteiger partial charge is 0.379 e. The SMILES string of the molecule is O=NO.c1ccc2c(c1)c1cccc3ccc4cccc2c4c31. The van der Waals surface area contributed by atoms with Gasteiger partial charge in [0, 0.05) is 0 Å². The minimum atomic E-state index is 1.25. The molecule has 0 aromatic heterocycles. The fourth-order valence-electron chi connectivity index (χ4n) is 3.56. The molecule has 0 amide bonds. The Labute approximate surface area is 132 Å². The van der Waals surface area contributed by atoms with Gasteiger partial charge in [0.15, 0.2) is 5.34 Å². The second kappa shape index (κ2) is 5.21. The van der Waals surface area contributed by atoms with E-state index in [0.717, 1.165) is 0 Å². The fourth-order valence-corrected chi connectivity index (χ4v) is 3.56. The molecule has 0 aliphatic heterocycles. The molecular weight excluding hydrogens is 286 g/mol. The standard InChI is InChI=1S/C20H12.HNO2/c1-2-8-16-15(7-1)17-9-3-5-13-11-12-14-6-4-10-18(16)20(14)19(13)17;2-1-3/h1-12H;(H,2,3). The van der Waals surface area contributed by atoms with Gasteiger partial charge in [-0.15, -0.1) is 4.91 Å². The first-order valence-electron chi connectivity index (χ1n) is 7.36. The van der Waals surface area contributed by atoms with Crippen LogP contribution in [-0.4, -0.2) is 5.21 Å². The van der Waals surface area contributed by atoms with Gasteiger partial charge in [0.1, 0.15) is 0 Å². The molecule has 3 nitrogen and oxygen atoms in total. The summed E-state index contributed by atoms with van der Waals surface area (Å²) in [5.41, 5.74) is 0. The third-order valence-electron chi connectivity index (χ3n) is 4.39. The summed E-state index contributed by atoms with van der Waals surface area (Å²) in [4.78, 5) is 8.11. The Morgan fingerprint density at radius 2 is 0.957 bits per heavy atom. The van der Waals surface area contributed by atoms with Crippen LogP contribution in [0.25, 0.3) is 43.1 Å². The predicted octanol–water partition coefficient (Wildman–Crippen LogP) is 5.88. The van der Waals surface area contributed by atoms with Crippen LogP contribution in [0.1, 0.15) is 0 Å². The Morgan fingerprint density at radius 1 is 0.565 bits per heavy atom. The summed E-state index contributed by atoms with van der Waals surface area (Å²) in [6.45, 7) is 0. The Bertz CT molecular complexity index is 1060. The van der Waals surface area contributed by atoms with Crippen molar-refractivity contribution in [2.24, 2.45) is 5.34 Å². The van der Waals surface area contributed by atoms with E-state index >= 15 is 0 Å². The van der Waals surface area contributed by atoms with Crippen LogP contribution in [0, 0.1) is 4.91 Å². The number of rotatable bonds is 0. The van der Waals surface area contributed by atoms with E-state index < -0.39 is 0 Å². The summed E-state index contributed by atoms with van der Waals surface area (Å²) in [7, 11) is 0. The van der Waals surface area contributed by atoms with E-state index in [1.165, 1.54) is 48.4 Å². The number of hydrogen-bond acceptors (Lipinski definition) is 2. The van der Waals surface area contributed by atoms with Gasteiger partial charge in [-0.25, -0.2) is 0 Å². The normalized spacial score (nSPS) is 11.0. The molecule has 0 saturated carbocycles. The molecular formula is C20H13NO2. The van der Waals surface area contributed by atoms with Gasteiger partial charge in [-0.2, -0.15) is 0 Å². The highest BCUT2D eigenvalue weighted by Crippen LogP contribution is 2.40. The monoisotopic (exact) mass is 299 g/mol. The molecule has 1 N–H and O–H groups in total. The Kier molecular flexibility index (Phi) is 3.05. The summed E-state index contributed by atoms with van der Waals surface area (Å²) >= 11 is 0. The summed E-state index contributed by atoms with van der Waals surface area (Å²) in [6, 6.07) is 26.4. The first-order chi connectivity index (χ1) is 11.3. The van der Waals surface area contributed by atoms with Crippen molar-refractivity contribution in [1.82, 2.24) is 0 Å². The molecule has 3 heteroatoms. The lowest BCUT2D eigenvalue weighted by molar-refractivity contribution is 0.312. The number of fused-ring (bicyclic) bond motifs is 3. The summed E-state index contributed by atoms with van der Waals surface area (Å²) in [5, 5.41) is 18.8. The predicted molar refractivity (Wildman–Crippen MR) is 95.2 cm³/mol. The van der Waals surface area contributed by atoms with Crippen LogP contribution in [0.5, 0.6) is 0 Å². The van der Waals surface area contributed by atoms with Crippen molar-refractivity contribution in [2.75, 3.05) is 0 Å². The van der Waals surface area contributed by atoms with Crippen LogP contribution in [0.15, 0.2) is 78.1 Å². The third kappa shape index (κ3) is 1.90. The van der Waals surface area contributed by atoms with Crippen LogP contribution < -0.4 is 0 Å². The number of hydrogen-bond donors (Lipinski definition) is 1. The molecule has 5 aromatic carbocycles. The van der Waals surface area contributed by atoms with E-state index in [1.807, 2.05) is 0 Å². The van der Waals surface area contributed by atoms with Gasteiger partial charge < -0.3 is 5.21 Å². The minimum absolute atomic E-state index is 1.25. The van der Waals surface area contributed by atoms with E-state index in [1.54, 1.807) is 0 Å². The molecule has 0 bridgehead atoms. The lowest BCUT2D eigenvalue weighted by Crippen LogP contribution is -1.86. The topological polar surface area (TPSA) is 49.7 Å². The highest BCUT2D eigenvalue weighted by molar-refractivity contribution is 6.33. The molecule has 0 unspecified atom stereocenters. The van der Waals surface area contributed by atoms with Gasteiger partial charge in [-0.05, 0) is 43.1 Å². The summed E-state index contributed by atoms with van der Waals surface area (Å²) in [6.07, 6.45) is 0. The molecule has 0 fully saturated rings. The maximum absolute atomic E-state index is 8.11. The van der Waals surface area contributed by atoms with Crippen molar-refractivity contribution in [3.8, 4) is 0 Å². The van der Waals surface area contributed by atoms with Crippen molar-refractivity contribution in [1.29, 1.82) is 0 Å². The van der Waals surface area contributed by atoms with E-state index in [2.05, 4.69) is 72.8 Å². The zero-order chi connectivity index (χ0) is 15.8. The zero-order valence-electron chi connectivity index (χ0n) is 12.2. The Morgan fingerprint density at radius 3 is 1.39 bits per heavy atom. The van der Waals surface area contributed by atoms with Gasteiger partial charge in [-0.3, -0.25) is 0 Å². The summed E-state index contributed by atoms with van der Waals surface area (Å²) < 4.78 is 0. The molecule has 0 saturated heterocycles. The second-order valence-corrected chi connectivity index (χ2v) is 5.50. The first-order valence-corrected chi connectivity index (χ1v) is 7.36. The lowest BCUT2D eigenvalue weighted by atomic mass is 9.89. The molecule has 0 spiro atoms.